The van der Waals surface area contributed by atoms with E-state index in [2.05, 4.69) is 10.1 Å². The lowest BCUT2D eigenvalue weighted by atomic mass is 10.2. The Balaban J connectivity index is 1.85. The molecule has 138 valence electrons. The molecule has 0 aliphatic carbocycles. The topological polar surface area (TPSA) is 114 Å². The number of hydrogen-bond donors (Lipinski definition) is 1. The normalized spacial score (nSPS) is 12.8. The number of nitrogens with two attached hydrogens (primary N) is 1. The third-order valence-electron chi connectivity index (χ3n) is 4.10. The van der Waals surface area contributed by atoms with Crippen LogP contribution in [0, 0.1) is 0 Å². The van der Waals surface area contributed by atoms with Gasteiger partial charge < -0.3 is 19.8 Å². The number of carbonyl (C=O) groups excluding carboxylic acids is 1. The molecule has 0 atom stereocenters. The number of rotatable bonds is 4. The zero-order valence-electron chi connectivity index (χ0n) is 14.6. The molecule has 1 amide bonds. The summed E-state index contributed by atoms with van der Waals surface area (Å²) in [5.41, 5.74) is 6.51. The number of carbonyl (C=O) groups is 1. The SMILES string of the molecule is Cn1cc(-c2nc(CC(N)=O)nn2-c2ccc3c(c2)OCCO3)ccc1=O. The molecule has 0 bridgehead atoms. The molecule has 3 aromatic rings. The van der Waals surface area contributed by atoms with Crippen LogP contribution in [0.2, 0.25) is 0 Å². The van der Waals surface area contributed by atoms with Gasteiger partial charge in [0.1, 0.15) is 13.2 Å². The van der Waals surface area contributed by atoms with Crippen LogP contribution in [0.1, 0.15) is 5.82 Å². The number of ether oxygens (including phenoxy) is 2. The standard InChI is InChI=1S/C18H17N5O4/c1-22-10-11(2-5-17(22)25)18-20-16(9-15(19)24)21-23(18)12-3-4-13-14(8-12)27-7-6-26-13/h2-5,8,10H,6-7,9H2,1H3,(H2,19,24). The van der Waals surface area contributed by atoms with Gasteiger partial charge in [-0.25, -0.2) is 9.67 Å². The van der Waals surface area contributed by atoms with Gasteiger partial charge in [0.2, 0.25) is 11.5 Å². The molecule has 1 aromatic carbocycles. The Morgan fingerprint density at radius 2 is 1.96 bits per heavy atom. The number of pyridine rings is 1. The van der Waals surface area contributed by atoms with Crippen molar-refractivity contribution in [2.45, 2.75) is 6.42 Å². The maximum Gasteiger partial charge on any atom is 0.250 e. The van der Waals surface area contributed by atoms with Crippen LogP contribution in [-0.4, -0.2) is 38.5 Å². The Kier molecular flexibility index (Phi) is 4.11. The van der Waals surface area contributed by atoms with Crippen LogP contribution in [0.3, 0.4) is 0 Å². The van der Waals surface area contributed by atoms with Crippen LogP contribution in [0.4, 0.5) is 0 Å². The number of benzene rings is 1. The molecule has 0 saturated carbocycles. The summed E-state index contributed by atoms with van der Waals surface area (Å²) < 4.78 is 14.2. The van der Waals surface area contributed by atoms with Gasteiger partial charge in [-0.15, -0.1) is 0 Å². The Bertz CT molecular complexity index is 1090. The average Bonchev–Trinajstić information content (AvgIpc) is 3.06. The van der Waals surface area contributed by atoms with Gasteiger partial charge in [-0.3, -0.25) is 9.59 Å². The lowest BCUT2D eigenvalue weighted by Gasteiger charge is -2.19. The zero-order chi connectivity index (χ0) is 19.0. The molecule has 1 aliphatic heterocycles. The molecule has 4 rings (SSSR count). The highest BCUT2D eigenvalue weighted by Gasteiger charge is 2.18. The maximum absolute atomic E-state index is 11.7. The number of nitrogens with zero attached hydrogens (tertiary/aromatic N) is 4. The molecule has 0 saturated heterocycles. The minimum atomic E-state index is -0.527. The third kappa shape index (κ3) is 3.26. The Morgan fingerprint density at radius 3 is 2.70 bits per heavy atom. The summed E-state index contributed by atoms with van der Waals surface area (Å²) in [4.78, 5) is 27.4. The fourth-order valence-corrected chi connectivity index (χ4v) is 2.84. The fourth-order valence-electron chi connectivity index (χ4n) is 2.84. The van der Waals surface area contributed by atoms with E-state index in [1.165, 1.54) is 10.6 Å². The van der Waals surface area contributed by atoms with Gasteiger partial charge in [-0.2, -0.15) is 5.10 Å². The highest BCUT2D eigenvalue weighted by atomic mass is 16.6. The molecule has 1 aliphatic rings. The first-order chi connectivity index (χ1) is 13.0. The summed E-state index contributed by atoms with van der Waals surface area (Å²) in [6.07, 6.45) is 1.57. The average molecular weight is 367 g/mol. The highest BCUT2D eigenvalue weighted by Crippen LogP contribution is 2.33. The van der Waals surface area contributed by atoms with Gasteiger partial charge in [-0.1, -0.05) is 0 Å². The summed E-state index contributed by atoms with van der Waals surface area (Å²) in [5.74, 6) is 1.52. The van der Waals surface area contributed by atoms with E-state index >= 15 is 0 Å². The van der Waals surface area contributed by atoms with E-state index in [-0.39, 0.29) is 12.0 Å². The predicted molar refractivity (Wildman–Crippen MR) is 95.9 cm³/mol. The molecule has 0 fully saturated rings. The number of primary amides is 1. The Hall–Kier alpha value is -3.62. The first-order valence-electron chi connectivity index (χ1n) is 8.32. The van der Waals surface area contributed by atoms with Crippen molar-refractivity contribution < 1.29 is 14.3 Å². The second-order valence-electron chi connectivity index (χ2n) is 6.10. The van der Waals surface area contributed by atoms with Crippen molar-refractivity contribution >= 4 is 5.91 Å². The van der Waals surface area contributed by atoms with Crippen molar-refractivity contribution in [1.29, 1.82) is 0 Å². The molecule has 0 spiro atoms. The number of fused-ring (bicyclic) bond motifs is 1. The van der Waals surface area contributed by atoms with E-state index in [9.17, 15) is 9.59 Å². The van der Waals surface area contributed by atoms with Crippen molar-refractivity contribution in [2.75, 3.05) is 13.2 Å². The highest BCUT2D eigenvalue weighted by molar-refractivity contribution is 5.76. The maximum atomic E-state index is 11.7. The quantitative estimate of drug-likeness (QED) is 0.715. The molecule has 2 N–H and O–H groups in total. The number of amides is 1. The molecule has 9 heteroatoms. The lowest BCUT2D eigenvalue weighted by molar-refractivity contribution is -0.117. The van der Waals surface area contributed by atoms with E-state index in [1.807, 2.05) is 6.07 Å². The van der Waals surface area contributed by atoms with E-state index in [4.69, 9.17) is 15.2 Å². The molecule has 0 unspecified atom stereocenters. The van der Waals surface area contributed by atoms with Gasteiger partial charge in [0, 0.05) is 30.9 Å². The molecule has 9 nitrogen and oxygen atoms in total. The Morgan fingerprint density at radius 1 is 1.19 bits per heavy atom. The van der Waals surface area contributed by atoms with E-state index in [1.54, 1.807) is 36.1 Å². The van der Waals surface area contributed by atoms with Crippen LogP contribution in [-0.2, 0) is 18.3 Å². The third-order valence-corrected chi connectivity index (χ3v) is 4.10. The van der Waals surface area contributed by atoms with Crippen LogP contribution in [0.5, 0.6) is 11.5 Å². The molecular formula is C18H17N5O4. The summed E-state index contributed by atoms with van der Waals surface area (Å²) in [5, 5.41) is 4.42. The predicted octanol–water partition coefficient (Wildman–Crippen LogP) is 0.432. The van der Waals surface area contributed by atoms with E-state index in [0.717, 1.165) is 0 Å². The summed E-state index contributed by atoms with van der Waals surface area (Å²) >= 11 is 0. The molecule has 2 aromatic heterocycles. The summed E-state index contributed by atoms with van der Waals surface area (Å²) in [6, 6.07) is 8.52. The van der Waals surface area contributed by atoms with Crippen LogP contribution in [0.15, 0.2) is 41.3 Å². The van der Waals surface area contributed by atoms with E-state index < -0.39 is 5.91 Å². The van der Waals surface area contributed by atoms with Gasteiger partial charge in [0.25, 0.3) is 0 Å². The number of aromatic nitrogens is 4. The minimum absolute atomic E-state index is 0.0870. The van der Waals surface area contributed by atoms with Gasteiger partial charge in [-0.05, 0) is 18.2 Å². The first kappa shape index (κ1) is 16.8. The number of hydrogen-bond acceptors (Lipinski definition) is 6. The second kappa shape index (κ2) is 6.60. The monoisotopic (exact) mass is 367 g/mol. The summed E-state index contributed by atoms with van der Waals surface area (Å²) in [6.45, 7) is 0.968. The molecule has 0 radical (unpaired) electrons. The van der Waals surface area contributed by atoms with Crippen LogP contribution < -0.4 is 20.8 Å². The molecular weight excluding hydrogens is 350 g/mol. The van der Waals surface area contributed by atoms with Gasteiger partial charge >= 0.3 is 0 Å². The summed E-state index contributed by atoms with van der Waals surface area (Å²) in [7, 11) is 1.65. The minimum Gasteiger partial charge on any atom is -0.486 e. The van der Waals surface area contributed by atoms with Crippen LogP contribution in [0.25, 0.3) is 17.1 Å². The molecule has 27 heavy (non-hydrogen) atoms. The molecule has 3 heterocycles. The van der Waals surface area contributed by atoms with Crippen molar-refractivity contribution in [2.24, 2.45) is 12.8 Å². The second-order valence-corrected chi connectivity index (χ2v) is 6.10. The van der Waals surface area contributed by atoms with E-state index in [0.29, 0.717) is 47.6 Å². The Labute approximate surface area is 154 Å². The lowest BCUT2D eigenvalue weighted by Crippen LogP contribution is -2.16. The first-order valence-corrected chi connectivity index (χ1v) is 8.32. The smallest absolute Gasteiger partial charge is 0.250 e. The van der Waals surface area contributed by atoms with Crippen molar-refractivity contribution in [3.8, 4) is 28.6 Å². The van der Waals surface area contributed by atoms with Crippen molar-refractivity contribution in [1.82, 2.24) is 19.3 Å². The number of aryl methyl sites for hydroxylation is 1. The zero-order valence-corrected chi connectivity index (χ0v) is 14.6. The van der Waals surface area contributed by atoms with Crippen molar-refractivity contribution in [3.63, 3.8) is 0 Å². The van der Waals surface area contributed by atoms with Crippen molar-refractivity contribution in [3.05, 3.63) is 52.7 Å². The largest absolute Gasteiger partial charge is 0.486 e. The van der Waals surface area contributed by atoms with Crippen LogP contribution >= 0.6 is 0 Å². The van der Waals surface area contributed by atoms with Gasteiger partial charge in [0.05, 0.1) is 12.1 Å². The fraction of sp³-hybridized carbons (Fsp3) is 0.222. The van der Waals surface area contributed by atoms with Gasteiger partial charge in [0.15, 0.2) is 23.1 Å².